The first kappa shape index (κ1) is 17.2. The molecule has 0 N–H and O–H groups in total. The molecule has 1 aromatic heterocycles. The average Bonchev–Trinajstić information content (AvgIpc) is 2.91. The quantitative estimate of drug-likeness (QED) is 0.441. The summed E-state index contributed by atoms with van der Waals surface area (Å²) < 4.78 is 19.9. The SMILES string of the molecule is C=CCn1c(SC(C)C(=O)OCC)nnc1-c1ccc(F)cc1. The summed E-state index contributed by atoms with van der Waals surface area (Å²) in [7, 11) is 0. The molecule has 2 rings (SSSR count). The van der Waals surface area contributed by atoms with Gasteiger partial charge in [0.15, 0.2) is 11.0 Å². The molecule has 0 aliphatic heterocycles. The lowest BCUT2D eigenvalue weighted by Gasteiger charge is -2.11. The molecule has 5 nitrogen and oxygen atoms in total. The van der Waals surface area contributed by atoms with Gasteiger partial charge < -0.3 is 4.74 Å². The Balaban J connectivity index is 2.29. The second-order valence-electron chi connectivity index (χ2n) is 4.72. The summed E-state index contributed by atoms with van der Waals surface area (Å²) in [5, 5.41) is 8.49. The molecule has 1 atom stereocenters. The number of carbonyl (C=O) groups is 1. The molecule has 23 heavy (non-hydrogen) atoms. The fourth-order valence-corrected chi connectivity index (χ4v) is 2.80. The van der Waals surface area contributed by atoms with Crippen LogP contribution in [0.1, 0.15) is 13.8 Å². The van der Waals surface area contributed by atoms with Crippen LogP contribution < -0.4 is 0 Å². The summed E-state index contributed by atoms with van der Waals surface area (Å²) in [5.74, 6) is -0.00786. The normalized spacial score (nSPS) is 12.0. The van der Waals surface area contributed by atoms with Gasteiger partial charge in [-0.25, -0.2) is 4.39 Å². The molecule has 0 saturated carbocycles. The maximum atomic E-state index is 13.1. The fourth-order valence-electron chi connectivity index (χ4n) is 1.95. The molecule has 1 aromatic carbocycles. The Bertz CT molecular complexity index is 685. The third kappa shape index (κ3) is 4.19. The Hall–Kier alpha value is -2.15. The molecular formula is C16H18FN3O2S. The lowest BCUT2D eigenvalue weighted by molar-refractivity contribution is -0.142. The molecule has 7 heteroatoms. The van der Waals surface area contributed by atoms with E-state index in [0.717, 1.165) is 5.56 Å². The fraction of sp³-hybridized carbons (Fsp3) is 0.312. The van der Waals surface area contributed by atoms with Gasteiger partial charge in [0.1, 0.15) is 11.1 Å². The first-order valence-corrected chi connectivity index (χ1v) is 8.08. The number of carbonyl (C=O) groups excluding carboxylic acids is 1. The van der Waals surface area contributed by atoms with Gasteiger partial charge in [0, 0.05) is 12.1 Å². The van der Waals surface area contributed by atoms with E-state index in [9.17, 15) is 9.18 Å². The molecule has 1 unspecified atom stereocenters. The number of rotatable bonds is 7. The van der Waals surface area contributed by atoms with E-state index in [0.29, 0.717) is 24.1 Å². The molecule has 0 saturated heterocycles. The van der Waals surface area contributed by atoms with Crippen LogP contribution in [0.4, 0.5) is 4.39 Å². The second kappa shape index (κ2) is 7.92. The minimum atomic E-state index is -0.399. The van der Waals surface area contributed by atoms with E-state index >= 15 is 0 Å². The van der Waals surface area contributed by atoms with Crippen molar-refractivity contribution in [1.29, 1.82) is 0 Å². The Morgan fingerprint density at radius 1 is 1.43 bits per heavy atom. The summed E-state index contributed by atoms with van der Waals surface area (Å²) in [6, 6.07) is 6.02. The topological polar surface area (TPSA) is 57.0 Å². The molecule has 0 aliphatic carbocycles. The number of thioether (sulfide) groups is 1. The zero-order chi connectivity index (χ0) is 16.8. The van der Waals surface area contributed by atoms with Crippen LogP contribution in [0, 0.1) is 5.82 Å². The molecule has 0 radical (unpaired) electrons. The lowest BCUT2D eigenvalue weighted by atomic mass is 10.2. The van der Waals surface area contributed by atoms with Crippen molar-refractivity contribution >= 4 is 17.7 Å². The Kier molecular flexibility index (Phi) is 5.92. The van der Waals surface area contributed by atoms with Crippen LogP contribution in [-0.2, 0) is 16.1 Å². The van der Waals surface area contributed by atoms with E-state index in [4.69, 9.17) is 4.74 Å². The average molecular weight is 335 g/mol. The summed E-state index contributed by atoms with van der Waals surface area (Å²) >= 11 is 1.27. The van der Waals surface area contributed by atoms with Crippen molar-refractivity contribution < 1.29 is 13.9 Å². The van der Waals surface area contributed by atoms with Crippen molar-refractivity contribution in [2.24, 2.45) is 0 Å². The first-order chi connectivity index (χ1) is 11.1. The van der Waals surface area contributed by atoms with Gasteiger partial charge in [-0.3, -0.25) is 9.36 Å². The van der Waals surface area contributed by atoms with Gasteiger partial charge in [0.05, 0.1) is 6.61 Å². The van der Waals surface area contributed by atoms with Gasteiger partial charge in [0.2, 0.25) is 0 Å². The molecule has 0 fully saturated rings. The lowest BCUT2D eigenvalue weighted by Crippen LogP contribution is -2.17. The number of aromatic nitrogens is 3. The number of allylic oxidation sites excluding steroid dienone is 1. The smallest absolute Gasteiger partial charge is 0.319 e. The van der Waals surface area contributed by atoms with Crippen molar-refractivity contribution in [3.8, 4) is 11.4 Å². The van der Waals surface area contributed by atoms with E-state index in [-0.39, 0.29) is 11.8 Å². The highest BCUT2D eigenvalue weighted by molar-refractivity contribution is 8.00. The number of ether oxygens (including phenoxy) is 1. The van der Waals surface area contributed by atoms with Crippen molar-refractivity contribution in [2.75, 3.05) is 6.61 Å². The zero-order valence-electron chi connectivity index (χ0n) is 13.0. The number of hydrogen-bond donors (Lipinski definition) is 0. The number of benzene rings is 1. The van der Waals surface area contributed by atoms with Crippen molar-refractivity contribution in [1.82, 2.24) is 14.8 Å². The van der Waals surface area contributed by atoms with Crippen LogP contribution in [0.5, 0.6) is 0 Å². The molecule has 0 spiro atoms. The molecule has 0 amide bonds. The summed E-state index contributed by atoms with van der Waals surface area (Å²) in [4.78, 5) is 11.8. The zero-order valence-corrected chi connectivity index (χ0v) is 13.8. The van der Waals surface area contributed by atoms with Crippen molar-refractivity contribution in [2.45, 2.75) is 30.8 Å². The monoisotopic (exact) mass is 335 g/mol. The summed E-state index contributed by atoms with van der Waals surface area (Å²) in [6.45, 7) is 8.08. The third-order valence-corrected chi connectivity index (χ3v) is 4.09. The highest BCUT2D eigenvalue weighted by Crippen LogP contribution is 2.27. The van der Waals surface area contributed by atoms with E-state index in [2.05, 4.69) is 16.8 Å². The highest BCUT2D eigenvalue weighted by atomic mass is 32.2. The molecule has 1 heterocycles. The van der Waals surface area contributed by atoms with E-state index in [1.807, 2.05) is 4.57 Å². The Morgan fingerprint density at radius 2 is 2.13 bits per heavy atom. The molecular weight excluding hydrogens is 317 g/mol. The highest BCUT2D eigenvalue weighted by Gasteiger charge is 2.21. The third-order valence-electron chi connectivity index (χ3n) is 3.03. The standard InChI is InChI=1S/C16H18FN3O2S/c1-4-10-20-14(12-6-8-13(17)9-7-12)18-19-16(20)23-11(3)15(21)22-5-2/h4,6-9,11H,1,5,10H2,2-3H3. The Labute approximate surface area is 138 Å². The van der Waals surface area contributed by atoms with Gasteiger partial charge in [-0.1, -0.05) is 17.8 Å². The predicted octanol–water partition coefficient (Wildman–Crippen LogP) is 3.31. The predicted molar refractivity (Wildman–Crippen MR) is 87.6 cm³/mol. The van der Waals surface area contributed by atoms with Crippen molar-refractivity contribution in [3.05, 3.63) is 42.7 Å². The van der Waals surface area contributed by atoms with Gasteiger partial charge in [-0.15, -0.1) is 16.8 Å². The van der Waals surface area contributed by atoms with Gasteiger partial charge in [0.25, 0.3) is 0 Å². The maximum Gasteiger partial charge on any atom is 0.319 e. The van der Waals surface area contributed by atoms with Gasteiger partial charge in [-0.2, -0.15) is 0 Å². The van der Waals surface area contributed by atoms with E-state index in [1.165, 1.54) is 23.9 Å². The van der Waals surface area contributed by atoms with Gasteiger partial charge in [-0.05, 0) is 38.1 Å². The maximum absolute atomic E-state index is 13.1. The Morgan fingerprint density at radius 3 is 2.74 bits per heavy atom. The van der Waals surface area contributed by atoms with Crippen LogP contribution >= 0.6 is 11.8 Å². The van der Waals surface area contributed by atoms with Crippen LogP contribution in [0.15, 0.2) is 42.1 Å². The van der Waals surface area contributed by atoms with Crippen LogP contribution in [0.25, 0.3) is 11.4 Å². The first-order valence-electron chi connectivity index (χ1n) is 7.20. The van der Waals surface area contributed by atoms with Crippen LogP contribution in [0.2, 0.25) is 0 Å². The molecule has 0 bridgehead atoms. The summed E-state index contributed by atoms with van der Waals surface area (Å²) in [5.41, 5.74) is 0.747. The van der Waals surface area contributed by atoms with Crippen molar-refractivity contribution in [3.63, 3.8) is 0 Å². The van der Waals surface area contributed by atoms with Crippen LogP contribution in [0.3, 0.4) is 0 Å². The molecule has 0 aliphatic rings. The second-order valence-corrected chi connectivity index (χ2v) is 6.03. The molecule has 122 valence electrons. The minimum Gasteiger partial charge on any atom is -0.465 e. The van der Waals surface area contributed by atoms with Gasteiger partial charge >= 0.3 is 5.97 Å². The van der Waals surface area contributed by atoms with E-state index < -0.39 is 5.25 Å². The minimum absolute atomic E-state index is 0.297. The number of nitrogens with zero attached hydrogens (tertiary/aromatic N) is 3. The van der Waals surface area contributed by atoms with E-state index in [1.54, 1.807) is 32.1 Å². The number of esters is 1. The molecule has 2 aromatic rings. The number of halogens is 1. The summed E-state index contributed by atoms with van der Waals surface area (Å²) in [6.07, 6.45) is 1.72. The number of hydrogen-bond acceptors (Lipinski definition) is 5. The largest absolute Gasteiger partial charge is 0.465 e. The van der Waals surface area contributed by atoms with Crippen LogP contribution in [-0.4, -0.2) is 32.6 Å².